The Morgan fingerprint density at radius 3 is 2.89 bits per heavy atom. The van der Waals surface area contributed by atoms with E-state index in [9.17, 15) is 13.2 Å². The van der Waals surface area contributed by atoms with Crippen LogP contribution in [0, 0.1) is 0 Å². The number of amides is 1. The molecule has 1 aromatic rings. The molecule has 0 fully saturated rings. The van der Waals surface area contributed by atoms with Gasteiger partial charge in [0, 0.05) is 18.8 Å². The van der Waals surface area contributed by atoms with Crippen LogP contribution in [0.25, 0.3) is 0 Å². The van der Waals surface area contributed by atoms with Gasteiger partial charge in [0.15, 0.2) is 0 Å². The molecule has 1 aliphatic rings. The lowest BCUT2D eigenvalue weighted by Crippen LogP contribution is -2.45. The molecule has 0 aromatic heterocycles. The van der Waals surface area contributed by atoms with E-state index in [2.05, 4.69) is 4.74 Å². The van der Waals surface area contributed by atoms with Gasteiger partial charge in [0.05, 0.1) is 7.11 Å². The first kappa shape index (κ1) is 13.6. The minimum atomic E-state index is -3.88. The Hall–Kier alpha value is -1.80. The fourth-order valence-electron chi connectivity index (χ4n) is 2.03. The molecule has 0 atom stereocenters. The average molecular weight is 285 g/mol. The summed E-state index contributed by atoms with van der Waals surface area (Å²) in [5.74, 6) is 0. The van der Waals surface area contributed by atoms with E-state index < -0.39 is 16.3 Å². The zero-order valence-corrected chi connectivity index (χ0v) is 11.2. The first-order valence-corrected chi connectivity index (χ1v) is 7.10. The summed E-state index contributed by atoms with van der Waals surface area (Å²) in [6.07, 6.45) is -0.484. The van der Waals surface area contributed by atoms with Crippen LogP contribution >= 0.6 is 0 Å². The quantitative estimate of drug-likeness (QED) is 0.757. The third kappa shape index (κ3) is 2.79. The molecule has 0 spiro atoms. The van der Waals surface area contributed by atoms with Crippen LogP contribution in [-0.4, -0.2) is 32.5 Å². The number of nitrogens with one attached hydrogen (secondary N) is 1. The normalized spacial score (nSPS) is 15.6. The first-order chi connectivity index (χ1) is 8.94. The van der Waals surface area contributed by atoms with Crippen molar-refractivity contribution in [2.45, 2.75) is 13.0 Å². The van der Waals surface area contributed by atoms with Gasteiger partial charge < -0.3 is 10.5 Å². The molecule has 1 amide bonds. The first-order valence-electron chi connectivity index (χ1n) is 5.66. The van der Waals surface area contributed by atoms with Gasteiger partial charge in [-0.15, -0.1) is 0 Å². The van der Waals surface area contributed by atoms with E-state index in [1.165, 1.54) is 4.31 Å². The Bertz CT molecular complexity index is 600. The average Bonchev–Trinajstić information content (AvgIpc) is 2.38. The molecule has 0 saturated carbocycles. The summed E-state index contributed by atoms with van der Waals surface area (Å²) >= 11 is 0. The van der Waals surface area contributed by atoms with Crippen LogP contribution < -0.4 is 10.5 Å². The molecule has 1 aliphatic heterocycles. The highest BCUT2D eigenvalue weighted by Crippen LogP contribution is 2.25. The minimum Gasteiger partial charge on any atom is -0.452 e. The predicted octanol–water partition coefficient (Wildman–Crippen LogP) is 0.228. The lowest BCUT2D eigenvalue weighted by Gasteiger charge is -2.28. The number of carbonyl (C=O) groups excluding carboxylic acids is 1. The molecule has 1 heterocycles. The summed E-state index contributed by atoms with van der Waals surface area (Å²) in [4.78, 5) is 11.0. The van der Waals surface area contributed by atoms with Crippen LogP contribution in [0.3, 0.4) is 0 Å². The van der Waals surface area contributed by atoms with Gasteiger partial charge in [-0.1, -0.05) is 12.1 Å². The molecule has 0 unspecified atom stereocenters. The molecule has 0 bridgehead atoms. The summed E-state index contributed by atoms with van der Waals surface area (Å²) < 4.78 is 31.2. The Morgan fingerprint density at radius 2 is 2.21 bits per heavy atom. The van der Waals surface area contributed by atoms with E-state index in [1.54, 1.807) is 12.1 Å². The summed E-state index contributed by atoms with van der Waals surface area (Å²) in [6, 6.07) is 5.39. The number of nitrogens with zero attached hydrogens (tertiary/aromatic N) is 1. The van der Waals surface area contributed by atoms with Crippen molar-refractivity contribution in [2.75, 3.05) is 19.4 Å². The van der Waals surface area contributed by atoms with Gasteiger partial charge in [-0.05, 0) is 23.6 Å². The number of rotatable bonds is 2. The van der Waals surface area contributed by atoms with Crippen molar-refractivity contribution in [2.24, 2.45) is 0 Å². The molecule has 0 aliphatic carbocycles. The van der Waals surface area contributed by atoms with Crippen molar-refractivity contribution in [3.63, 3.8) is 0 Å². The third-order valence-corrected chi connectivity index (χ3v) is 4.42. The highest BCUT2D eigenvalue weighted by Gasteiger charge is 2.28. The predicted molar refractivity (Wildman–Crippen MR) is 69.4 cm³/mol. The fourth-order valence-corrected chi connectivity index (χ4v) is 3.09. The van der Waals surface area contributed by atoms with Crippen molar-refractivity contribution < 1.29 is 17.9 Å². The van der Waals surface area contributed by atoms with Crippen LogP contribution in [0.2, 0.25) is 0 Å². The SMILES string of the molecule is COC(=O)NS(=O)(=O)N1CCc2c(N)cccc2C1. The number of ether oxygens (including phenoxy) is 1. The van der Waals surface area contributed by atoms with Crippen molar-refractivity contribution in [1.29, 1.82) is 0 Å². The van der Waals surface area contributed by atoms with E-state index in [4.69, 9.17) is 5.73 Å². The fraction of sp³-hybridized carbons (Fsp3) is 0.364. The van der Waals surface area contributed by atoms with Gasteiger partial charge >= 0.3 is 16.3 Å². The van der Waals surface area contributed by atoms with Crippen LogP contribution in [-0.2, 0) is 27.9 Å². The van der Waals surface area contributed by atoms with Gasteiger partial charge in [0.25, 0.3) is 0 Å². The number of carbonyl (C=O) groups is 1. The van der Waals surface area contributed by atoms with Crippen LogP contribution in [0.15, 0.2) is 18.2 Å². The Morgan fingerprint density at radius 1 is 1.47 bits per heavy atom. The van der Waals surface area contributed by atoms with Gasteiger partial charge in [-0.2, -0.15) is 12.7 Å². The molecule has 1 aromatic carbocycles. The lowest BCUT2D eigenvalue weighted by molar-refractivity contribution is 0.176. The second kappa shape index (κ2) is 5.06. The van der Waals surface area contributed by atoms with E-state index in [1.807, 2.05) is 10.8 Å². The van der Waals surface area contributed by atoms with E-state index in [-0.39, 0.29) is 13.1 Å². The molecule has 0 saturated heterocycles. The molecule has 19 heavy (non-hydrogen) atoms. The van der Waals surface area contributed by atoms with E-state index >= 15 is 0 Å². The number of anilines is 1. The summed E-state index contributed by atoms with van der Waals surface area (Å²) in [6.45, 7) is 0.459. The van der Waals surface area contributed by atoms with Crippen molar-refractivity contribution in [3.8, 4) is 0 Å². The van der Waals surface area contributed by atoms with Gasteiger partial charge in [0.1, 0.15) is 0 Å². The number of fused-ring (bicyclic) bond motifs is 1. The third-order valence-electron chi connectivity index (χ3n) is 3.00. The summed E-state index contributed by atoms with van der Waals surface area (Å²) in [7, 11) is -2.77. The van der Waals surface area contributed by atoms with Crippen LogP contribution in [0.4, 0.5) is 10.5 Å². The zero-order chi connectivity index (χ0) is 14.0. The second-order valence-corrected chi connectivity index (χ2v) is 5.84. The van der Waals surface area contributed by atoms with Gasteiger partial charge in [-0.25, -0.2) is 9.52 Å². The number of nitrogen functional groups attached to an aromatic ring is 1. The van der Waals surface area contributed by atoms with E-state index in [0.29, 0.717) is 12.1 Å². The zero-order valence-electron chi connectivity index (χ0n) is 10.4. The molecular weight excluding hydrogens is 270 g/mol. The number of hydrogen-bond donors (Lipinski definition) is 2. The summed E-state index contributed by atoms with van der Waals surface area (Å²) in [5.41, 5.74) is 8.32. The highest BCUT2D eigenvalue weighted by atomic mass is 32.2. The number of benzene rings is 1. The molecule has 8 heteroatoms. The number of methoxy groups -OCH3 is 1. The maximum absolute atomic E-state index is 11.9. The minimum absolute atomic E-state index is 0.187. The number of hydrogen-bond acceptors (Lipinski definition) is 5. The molecular formula is C11H15N3O4S. The molecule has 3 N–H and O–H groups in total. The van der Waals surface area contributed by atoms with Crippen LogP contribution in [0.5, 0.6) is 0 Å². The van der Waals surface area contributed by atoms with Crippen molar-refractivity contribution in [3.05, 3.63) is 29.3 Å². The molecule has 7 nitrogen and oxygen atoms in total. The summed E-state index contributed by atoms with van der Waals surface area (Å²) in [5, 5.41) is 0. The van der Waals surface area contributed by atoms with Gasteiger partial charge in [-0.3, -0.25) is 0 Å². The van der Waals surface area contributed by atoms with Crippen LogP contribution in [0.1, 0.15) is 11.1 Å². The lowest BCUT2D eigenvalue weighted by atomic mass is 9.99. The van der Waals surface area contributed by atoms with Crippen molar-refractivity contribution >= 4 is 22.0 Å². The maximum atomic E-state index is 11.9. The highest BCUT2D eigenvalue weighted by molar-refractivity contribution is 7.87. The topological polar surface area (TPSA) is 102 Å². The maximum Gasteiger partial charge on any atom is 0.421 e. The standard InChI is InChI=1S/C11H15N3O4S/c1-18-11(15)13-19(16,17)14-6-5-9-8(7-14)3-2-4-10(9)12/h2-4H,5-7,12H2,1H3,(H,13,15). The smallest absolute Gasteiger partial charge is 0.421 e. The van der Waals surface area contributed by atoms with Crippen molar-refractivity contribution in [1.82, 2.24) is 9.03 Å². The Kier molecular flexibility index (Phi) is 3.63. The second-order valence-electron chi connectivity index (χ2n) is 4.17. The molecule has 2 rings (SSSR count). The Balaban J connectivity index is 2.20. The Labute approximate surface area is 111 Å². The van der Waals surface area contributed by atoms with Gasteiger partial charge in [0.2, 0.25) is 0 Å². The number of nitrogens with two attached hydrogens (primary N) is 1. The molecule has 104 valence electrons. The molecule has 0 radical (unpaired) electrons. The largest absolute Gasteiger partial charge is 0.452 e. The monoisotopic (exact) mass is 285 g/mol. The van der Waals surface area contributed by atoms with E-state index in [0.717, 1.165) is 18.2 Å².